The zero-order valence-corrected chi connectivity index (χ0v) is 15.2. The summed E-state index contributed by atoms with van der Waals surface area (Å²) >= 11 is 1.27. The van der Waals surface area contributed by atoms with Crippen LogP contribution in [-0.4, -0.2) is 25.8 Å². The summed E-state index contributed by atoms with van der Waals surface area (Å²) < 4.78 is 13.1. The molecule has 10 heteroatoms. The number of carbonyl (C=O) groups excluding carboxylic acids is 1. The number of fused-ring (bicyclic) bond motifs is 1. The Morgan fingerprint density at radius 1 is 1.18 bits per heavy atom. The van der Waals surface area contributed by atoms with E-state index in [0.717, 1.165) is 10.4 Å². The fraction of sp³-hybridized carbons (Fsp3) is 0.0556. The number of hydrogen-bond acceptors (Lipinski definition) is 6. The van der Waals surface area contributed by atoms with Gasteiger partial charge in [0.2, 0.25) is 0 Å². The van der Waals surface area contributed by atoms with Gasteiger partial charge in [0.25, 0.3) is 11.5 Å². The molecule has 8 nitrogen and oxygen atoms in total. The molecular weight excluding hydrogens is 385 g/mol. The molecular formula is C18H12FN5O3S. The molecule has 0 radical (unpaired) electrons. The van der Waals surface area contributed by atoms with Crippen molar-refractivity contribution in [2.75, 3.05) is 5.32 Å². The van der Waals surface area contributed by atoms with Crippen molar-refractivity contribution in [1.82, 2.24) is 19.9 Å². The van der Waals surface area contributed by atoms with Crippen LogP contribution in [0.25, 0.3) is 22.3 Å². The van der Waals surface area contributed by atoms with Crippen LogP contribution in [0, 0.1) is 12.7 Å². The van der Waals surface area contributed by atoms with Crippen molar-refractivity contribution in [3.63, 3.8) is 0 Å². The molecule has 0 aliphatic carbocycles. The first-order chi connectivity index (χ1) is 13.4. The van der Waals surface area contributed by atoms with Crippen LogP contribution in [0.4, 0.5) is 9.52 Å². The zero-order chi connectivity index (χ0) is 19.8. The van der Waals surface area contributed by atoms with Crippen molar-refractivity contribution >= 4 is 33.4 Å². The molecule has 0 aliphatic heterocycles. The summed E-state index contributed by atoms with van der Waals surface area (Å²) in [4.78, 5) is 49.4. The molecule has 140 valence electrons. The average Bonchev–Trinajstić information content (AvgIpc) is 3.02. The normalized spacial score (nSPS) is 10.9. The number of nitrogens with one attached hydrogen (secondary N) is 3. The maximum Gasteiger partial charge on any atom is 0.327 e. The van der Waals surface area contributed by atoms with Crippen LogP contribution in [-0.2, 0) is 0 Å². The van der Waals surface area contributed by atoms with Crippen LogP contribution >= 0.6 is 11.3 Å². The van der Waals surface area contributed by atoms with E-state index in [2.05, 4.69) is 25.3 Å². The van der Waals surface area contributed by atoms with Crippen LogP contribution in [0.15, 0.2) is 46.1 Å². The van der Waals surface area contributed by atoms with Gasteiger partial charge in [0, 0.05) is 16.6 Å². The van der Waals surface area contributed by atoms with E-state index < -0.39 is 17.2 Å². The van der Waals surface area contributed by atoms with E-state index in [-0.39, 0.29) is 22.4 Å². The fourth-order valence-electron chi connectivity index (χ4n) is 2.67. The first-order valence-electron chi connectivity index (χ1n) is 8.08. The van der Waals surface area contributed by atoms with Crippen molar-refractivity contribution in [1.29, 1.82) is 0 Å². The number of thiazole rings is 1. The summed E-state index contributed by atoms with van der Waals surface area (Å²) in [5.41, 5.74) is 0.304. The van der Waals surface area contributed by atoms with E-state index in [1.165, 1.54) is 35.7 Å². The molecule has 0 aliphatic rings. The number of H-pyrrole nitrogens is 2. The smallest absolute Gasteiger partial charge is 0.298 e. The molecule has 0 unspecified atom stereocenters. The highest BCUT2D eigenvalue weighted by Crippen LogP contribution is 2.30. The number of amides is 1. The van der Waals surface area contributed by atoms with Gasteiger partial charge in [-0.1, -0.05) is 0 Å². The second kappa shape index (κ2) is 6.82. The number of benzene rings is 1. The molecule has 4 aromatic rings. The van der Waals surface area contributed by atoms with Crippen LogP contribution in [0.1, 0.15) is 15.2 Å². The molecule has 1 amide bonds. The lowest BCUT2D eigenvalue weighted by atomic mass is 10.1. The Labute approximate surface area is 160 Å². The molecule has 0 fully saturated rings. The molecule has 0 saturated carbocycles. The number of pyridine rings is 1. The third-order valence-electron chi connectivity index (χ3n) is 3.99. The van der Waals surface area contributed by atoms with Gasteiger partial charge < -0.3 is 0 Å². The van der Waals surface area contributed by atoms with E-state index in [9.17, 15) is 18.8 Å². The molecule has 3 heterocycles. The summed E-state index contributed by atoms with van der Waals surface area (Å²) in [6.07, 6.45) is 1.26. The van der Waals surface area contributed by atoms with Gasteiger partial charge in [-0.25, -0.2) is 19.2 Å². The number of rotatable bonds is 3. The van der Waals surface area contributed by atoms with E-state index >= 15 is 0 Å². The largest absolute Gasteiger partial charge is 0.327 e. The highest BCUT2D eigenvalue weighted by molar-refractivity contribution is 7.16. The maximum absolute atomic E-state index is 13.1. The first kappa shape index (κ1) is 17.7. The lowest BCUT2D eigenvalue weighted by Gasteiger charge is -2.02. The van der Waals surface area contributed by atoms with E-state index in [1.807, 2.05) is 6.92 Å². The van der Waals surface area contributed by atoms with Crippen molar-refractivity contribution < 1.29 is 9.18 Å². The second-order valence-electron chi connectivity index (χ2n) is 5.91. The molecule has 0 bridgehead atoms. The van der Waals surface area contributed by atoms with Gasteiger partial charge in [0.15, 0.2) is 5.13 Å². The highest BCUT2D eigenvalue weighted by atomic mass is 32.1. The van der Waals surface area contributed by atoms with Crippen LogP contribution in [0.5, 0.6) is 0 Å². The SMILES string of the molecule is Cc1sc(NC(=O)c2cnc3[nH]c(=O)[nH]c(=O)c3c2)nc1-c1ccc(F)cc1. The Morgan fingerprint density at radius 3 is 2.68 bits per heavy atom. The van der Waals surface area contributed by atoms with Crippen molar-refractivity contribution in [2.45, 2.75) is 6.92 Å². The Morgan fingerprint density at radius 2 is 1.93 bits per heavy atom. The maximum atomic E-state index is 13.1. The molecule has 28 heavy (non-hydrogen) atoms. The van der Waals surface area contributed by atoms with Gasteiger partial charge in [-0.3, -0.25) is 24.9 Å². The monoisotopic (exact) mass is 397 g/mol. The zero-order valence-electron chi connectivity index (χ0n) is 14.4. The van der Waals surface area contributed by atoms with Crippen LogP contribution < -0.4 is 16.6 Å². The van der Waals surface area contributed by atoms with Gasteiger partial charge >= 0.3 is 5.69 Å². The van der Waals surface area contributed by atoms with Crippen molar-refractivity contribution in [3.8, 4) is 11.3 Å². The Kier molecular flexibility index (Phi) is 4.32. The van der Waals surface area contributed by atoms with E-state index in [0.29, 0.717) is 10.8 Å². The predicted molar refractivity (Wildman–Crippen MR) is 103 cm³/mol. The number of aryl methyl sites for hydroxylation is 1. The third kappa shape index (κ3) is 3.32. The highest BCUT2D eigenvalue weighted by Gasteiger charge is 2.15. The molecule has 4 rings (SSSR count). The van der Waals surface area contributed by atoms with Gasteiger partial charge in [0.1, 0.15) is 11.5 Å². The molecule has 0 saturated heterocycles. The van der Waals surface area contributed by atoms with Gasteiger partial charge in [0.05, 0.1) is 16.6 Å². The summed E-state index contributed by atoms with van der Waals surface area (Å²) in [6, 6.07) is 7.25. The van der Waals surface area contributed by atoms with Crippen LogP contribution in [0.3, 0.4) is 0 Å². The topological polar surface area (TPSA) is 121 Å². The number of aromatic nitrogens is 4. The number of halogens is 1. The minimum Gasteiger partial charge on any atom is -0.298 e. The lowest BCUT2D eigenvalue weighted by molar-refractivity contribution is 0.102. The minimum atomic E-state index is -0.672. The fourth-order valence-corrected chi connectivity index (χ4v) is 3.50. The van der Waals surface area contributed by atoms with Crippen LogP contribution in [0.2, 0.25) is 0 Å². The van der Waals surface area contributed by atoms with E-state index in [1.54, 1.807) is 12.1 Å². The summed E-state index contributed by atoms with van der Waals surface area (Å²) in [6.45, 7) is 1.85. The summed E-state index contributed by atoms with van der Waals surface area (Å²) in [5, 5.41) is 3.12. The Balaban J connectivity index is 1.63. The summed E-state index contributed by atoms with van der Waals surface area (Å²) in [5.74, 6) is -0.843. The third-order valence-corrected chi connectivity index (χ3v) is 4.87. The molecule has 3 aromatic heterocycles. The average molecular weight is 397 g/mol. The number of anilines is 1. The quantitative estimate of drug-likeness (QED) is 0.490. The molecule has 0 atom stereocenters. The first-order valence-corrected chi connectivity index (χ1v) is 8.89. The van der Waals surface area contributed by atoms with Gasteiger partial charge in [-0.15, -0.1) is 11.3 Å². The molecule has 3 N–H and O–H groups in total. The van der Waals surface area contributed by atoms with Gasteiger partial charge in [-0.2, -0.15) is 0 Å². The van der Waals surface area contributed by atoms with Crippen molar-refractivity contribution in [3.05, 3.63) is 73.6 Å². The number of nitrogens with zero attached hydrogens (tertiary/aromatic N) is 2. The van der Waals surface area contributed by atoms with Gasteiger partial charge in [-0.05, 0) is 37.3 Å². The van der Waals surface area contributed by atoms with Crippen molar-refractivity contribution in [2.24, 2.45) is 0 Å². The molecule has 1 aromatic carbocycles. The molecule has 0 spiro atoms. The predicted octanol–water partition coefficient (Wildman–Crippen LogP) is 2.43. The summed E-state index contributed by atoms with van der Waals surface area (Å²) in [7, 11) is 0. The Bertz CT molecular complexity index is 1320. The lowest BCUT2D eigenvalue weighted by Crippen LogP contribution is -2.23. The Hall–Kier alpha value is -3.66. The number of aromatic amines is 2. The standard InChI is InChI=1S/C18H12FN5O3S/c1-8-13(9-2-4-11(19)5-3-9)21-18(28-8)24-15(25)10-6-12-14(20-7-10)22-17(27)23-16(12)26/h2-7H,1H3,(H,21,24,25)(H2,20,22,23,26,27). The second-order valence-corrected chi connectivity index (χ2v) is 7.12. The number of carbonyl (C=O) groups is 1. The van der Waals surface area contributed by atoms with E-state index in [4.69, 9.17) is 0 Å². The minimum absolute atomic E-state index is 0.0917. The number of hydrogen-bond donors (Lipinski definition) is 3.